The molecule has 2 aromatic rings. The van der Waals surface area contributed by atoms with Crippen LogP contribution in [-0.4, -0.2) is 47.9 Å². The number of piperidine rings is 1. The molecule has 1 aliphatic heterocycles. The fourth-order valence-corrected chi connectivity index (χ4v) is 3.63. The molecule has 1 saturated heterocycles. The number of nitrogens with one attached hydrogen (secondary N) is 1. The van der Waals surface area contributed by atoms with Gasteiger partial charge in [-0.05, 0) is 37.6 Å². The van der Waals surface area contributed by atoms with Crippen LogP contribution in [-0.2, 0) is 4.79 Å². The quantitative estimate of drug-likeness (QED) is 0.862. The van der Waals surface area contributed by atoms with Gasteiger partial charge >= 0.3 is 0 Å². The molecule has 1 atom stereocenters. The van der Waals surface area contributed by atoms with Crippen LogP contribution in [0.25, 0.3) is 10.2 Å². The highest BCUT2D eigenvalue weighted by Gasteiger charge is 2.23. The summed E-state index contributed by atoms with van der Waals surface area (Å²) >= 11 is 1.53. The fraction of sp³-hybridized carbons (Fsp3) is 0.438. The van der Waals surface area contributed by atoms with Crippen molar-refractivity contribution in [2.75, 3.05) is 26.2 Å². The maximum absolute atomic E-state index is 12.2. The highest BCUT2D eigenvalue weighted by atomic mass is 32.1. The second kappa shape index (κ2) is 7.06. The molecule has 1 fully saturated rings. The Labute approximate surface area is 138 Å². The molecule has 2 heterocycles. The Kier molecular flexibility index (Phi) is 4.88. The van der Waals surface area contributed by atoms with Gasteiger partial charge in [0.25, 0.3) is 5.91 Å². The molecule has 3 rings (SSSR count). The number of carbonyl (C=O) groups is 2. The van der Waals surface area contributed by atoms with Crippen molar-refractivity contribution in [3.63, 3.8) is 0 Å². The van der Waals surface area contributed by atoms with E-state index in [9.17, 15) is 9.59 Å². The molecule has 0 saturated carbocycles. The van der Waals surface area contributed by atoms with Gasteiger partial charge in [-0.1, -0.05) is 0 Å². The minimum Gasteiger partial charge on any atom is -0.369 e. The largest absolute Gasteiger partial charge is 0.369 e. The summed E-state index contributed by atoms with van der Waals surface area (Å²) in [6, 6.07) is 5.52. The Bertz CT molecular complexity index is 715. The maximum atomic E-state index is 12.2. The van der Waals surface area contributed by atoms with Gasteiger partial charge < -0.3 is 16.0 Å². The lowest BCUT2D eigenvalue weighted by Gasteiger charge is -2.31. The number of amides is 2. The third-order valence-corrected chi connectivity index (χ3v) is 5.01. The molecule has 1 aromatic carbocycles. The van der Waals surface area contributed by atoms with Crippen molar-refractivity contribution in [2.45, 2.75) is 12.8 Å². The normalized spacial score (nSPS) is 18.9. The van der Waals surface area contributed by atoms with E-state index in [4.69, 9.17) is 5.73 Å². The number of nitrogens with two attached hydrogens (primary N) is 1. The van der Waals surface area contributed by atoms with Gasteiger partial charge in [0.05, 0.1) is 21.6 Å². The van der Waals surface area contributed by atoms with Crippen molar-refractivity contribution >= 4 is 33.4 Å². The average molecular weight is 332 g/mol. The Morgan fingerprint density at radius 2 is 2.30 bits per heavy atom. The van der Waals surface area contributed by atoms with E-state index in [1.807, 2.05) is 12.1 Å². The van der Waals surface area contributed by atoms with E-state index in [0.717, 1.165) is 36.1 Å². The minimum atomic E-state index is -0.225. The first-order valence-electron chi connectivity index (χ1n) is 7.76. The smallest absolute Gasteiger partial charge is 0.251 e. The average Bonchev–Trinajstić information content (AvgIpc) is 3.02. The third-order valence-electron chi connectivity index (χ3n) is 4.21. The Morgan fingerprint density at radius 1 is 1.43 bits per heavy atom. The van der Waals surface area contributed by atoms with Crippen LogP contribution in [0.2, 0.25) is 0 Å². The van der Waals surface area contributed by atoms with Gasteiger partial charge in [0.2, 0.25) is 5.91 Å². The summed E-state index contributed by atoms with van der Waals surface area (Å²) in [7, 11) is 0. The lowest BCUT2D eigenvalue weighted by molar-refractivity contribution is -0.123. The van der Waals surface area contributed by atoms with Crippen molar-refractivity contribution < 1.29 is 9.59 Å². The monoisotopic (exact) mass is 332 g/mol. The van der Waals surface area contributed by atoms with Gasteiger partial charge in [0, 0.05) is 25.2 Å². The predicted molar refractivity (Wildman–Crippen MR) is 90.3 cm³/mol. The van der Waals surface area contributed by atoms with Crippen molar-refractivity contribution in [3.05, 3.63) is 29.3 Å². The Hall–Kier alpha value is -1.99. The summed E-state index contributed by atoms with van der Waals surface area (Å²) in [5.41, 5.74) is 8.72. The highest BCUT2D eigenvalue weighted by molar-refractivity contribution is 7.16. The molecule has 3 N–H and O–H groups in total. The van der Waals surface area contributed by atoms with Gasteiger partial charge in [-0.2, -0.15) is 0 Å². The fourth-order valence-electron chi connectivity index (χ4n) is 2.92. The summed E-state index contributed by atoms with van der Waals surface area (Å²) in [5, 5.41) is 2.93. The first-order valence-corrected chi connectivity index (χ1v) is 8.64. The third kappa shape index (κ3) is 3.86. The molecule has 122 valence electrons. The zero-order valence-electron chi connectivity index (χ0n) is 12.8. The summed E-state index contributed by atoms with van der Waals surface area (Å²) in [5.74, 6) is -0.367. The van der Waals surface area contributed by atoms with Gasteiger partial charge in [0.1, 0.15) is 0 Å². The highest BCUT2D eigenvalue weighted by Crippen LogP contribution is 2.19. The molecule has 23 heavy (non-hydrogen) atoms. The Balaban J connectivity index is 1.50. The summed E-state index contributed by atoms with van der Waals surface area (Å²) in [4.78, 5) is 29.9. The molecule has 0 radical (unpaired) electrons. The number of fused-ring (bicyclic) bond motifs is 1. The SMILES string of the molecule is NC(=O)[C@H]1CCCN(CCNC(=O)c2ccc3ncsc3c2)C1. The molecule has 1 aromatic heterocycles. The molecular formula is C16H20N4O2S. The molecule has 1 aliphatic rings. The van der Waals surface area contributed by atoms with Crippen LogP contribution in [0.1, 0.15) is 23.2 Å². The first-order chi connectivity index (χ1) is 11.1. The molecule has 0 unspecified atom stereocenters. The molecule has 0 bridgehead atoms. The molecular weight excluding hydrogens is 312 g/mol. The number of benzene rings is 1. The number of thiazole rings is 1. The first kappa shape index (κ1) is 15.9. The van der Waals surface area contributed by atoms with Crippen molar-refractivity contribution in [2.24, 2.45) is 11.7 Å². The van der Waals surface area contributed by atoms with Crippen LogP contribution in [0, 0.1) is 5.92 Å². The van der Waals surface area contributed by atoms with Crippen LogP contribution >= 0.6 is 11.3 Å². The van der Waals surface area contributed by atoms with Crippen molar-refractivity contribution in [1.82, 2.24) is 15.2 Å². The number of primary amides is 1. The molecule has 0 aliphatic carbocycles. The second-order valence-electron chi connectivity index (χ2n) is 5.83. The minimum absolute atomic E-state index is 0.0619. The van der Waals surface area contributed by atoms with Crippen molar-refractivity contribution in [3.8, 4) is 0 Å². The molecule has 6 nitrogen and oxygen atoms in total. The van der Waals surface area contributed by atoms with E-state index < -0.39 is 0 Å². The van der Waals surface area contributed by atoms with E-state index >= 15 is 0 Å². The van der Waals surface area contributed by atoms with Crippen LogP contribution < -0.4 is 11.1 Å². The number of hydrogen-bond donors (Lipinski definition) is 2. The number of hydrogen-bond acceptors (Lipinski definition) is 5. The van der Waals surface area contributed by atoms with E-state index in [-0.39, 0.29) is 17.7 Å². The number of aromatic nitrogens is 1. The van der Waals surface area contributed by atoms with Gasteiger partial charge in [-0.25, -0.2) is 4.98 Å². The Morgan fingerprint density at radius 3 is 3.13 bits per heavy atom. The van der Waals surface area contributed by atoms with Gasteiger partial charge in [0.15, 0.2) is 0 Å². The van der Waals surface area contributed by atoms with Gasteiger partial charge in [-0.3, -0.25) is 9.59 Å². The number of rotatable bonds is 5. The van der Waals surface area contributed by atoms with Gasteiger partial charge in [-0.15, -0.1) is 11.3 Å². The molecule has 2 amide bonds. The van der Waals surface area contributed by atoms with Crippen molar-refractivity contribution in [1.29, 1.82) is 0 Å². The number of likely N-dealkylation sites (tertiary alicyclic amines) is 1. The van der Waals surface area contributed by atoms with Crippen LogP contribution in [0.15, 0.2) is 23.7 Å². The van der Waals surface area contributed by atoms with E-state index in [1.54, 1.807) is 11.6 Å². The van der Waals surface area contributed by atoms with Crippen LogP contribution in [0.3, 0.4) is 0 Å². The van der Waals surface area contributed by atoms with Crippen LogP contribution in [0.5, 0.6) is 0 Å². The summed E-state index contributed by atoms with van der Waals surface area (Å²) < 4.78 is 1.01. The molecule has 0 spiro atoms. The zero-order chi connectivity index (χ0) is 16.2. The maximum Gasteiger partial charge on any atom is 0.251 e. The lowest BCUT2D eigenvalue weighted by Crippen LogP contribution is -2.44. The van der Waals surface area contributed by atoms with E-state index in [1.165, 1.54) is 11.3 Å². The topological polar surface area (TPSA) is 88.3 Å². The lowest BCUT2D eigenvalue weighted by atomic mass is 9.97. The van der Waals surface area contributed by atoms with Crippen LogP contribution in [0.4, 0.5) is 0 Å². The number of nitrogens with zero attached hydrogens (tertiary/aromatic N) is 2. The number of carbonyl (C=O) groups excluding carboxylic acids is 2. The van der Waals surface area contributed by atoms with E-state index in [0.29, 0.717) is 18.7 Å². The predicted octanol–water partition coefficient (Wildman–Crippen LogP) is 1.22. The summed E-state index contributed by atoms with van der Waals surface area (Å²) in [6.45, 7) is 2.94. The summed E-state index contributed by atoms with van der Waals surface area (Å²) in [6.07, 6.45) is 1.84. The standard InChI is InChI=1S/C16H20N4O2S/c17-15(21)12-2-1-6-20(9-12)7-5-18-16(22)11-3-4-13-14(8-11)23-10-19-13/h3-4,8,10,12H,1-2,5-7,9H2,(H2,17,21)(H,18,22)/t12-/m0/s1. The molecule has 7 heteroatoms. The van der Waals surface area contributed by atoms with E-state index in [2.05, 4.69) is 15.2 Å². The zero-order valence-corrected chi connectivity index (χ0v) is 13.6. The second-order valence-corrected chi connectivity index (χ2v) is 6.72.